The molecule has 5 heteroatoms. The molecule has 1 saturated carbocycles. The van der Waals surface area contributed by atoms with Gasteiger partial charge in [-0.25, -0.2) is 0 Å². The summed E-state index contributed by atoms with van der Waals surface area (Å²) in [6.07, 6.45) is 7.94. The molecule has 1 fully saturated rings. The van der Waals surface area contributed by atoms with Crippen molar-refractivity contribution in [1.29, 1.82) is 0 Å². The van der Waals surface area contributed by atoms with Crippen LogP contribution >= 0.6 is 27.3 Å². The largest absolute Gasteiger partial charge is 0.395 e. The van der Waals surface area contributed by atoms with Gasteiger partial charge in [0.2, 0.25) is 5.91 Å². The summed E-state index contributed by atoms with van der Waals surface area (Å²) in [6.45, 7) is 0.461. The molecule has 3 nitrogen and oxygen atoms in total. The average molecular weight is 344 g/mol. The zero-order chi connectivity index (χ0) is 13.7. The summed E-state index contributed by atoms with van der Waals surface area (Å²) in [5.74, 6) is 0.00507. The van der Waals surface area contributed by atoms with Gasteiger partial charge in [0.05, 0.1) is 10.4 Å². The van der Waals surface area contributed by atoms with Gasteiger partial charge >= 0.3 is 0 Å². The summed E-state index contributed by atoms with van der Waals surface area (Å²) in [5, 5.41) is 9.11. The van der Waals surface area contributed by atoms with Crippen LogP contribution in [0.4, 0.5) is 0 Å². The first kappa shape index (κ1) is 14.8. The van der Waals surface area contributed by atoms with E-state index >= 15 is 0 Å². The first-order valence-corrected chi connectivity index (χ1v) is 8.16. The zero-order valence-corrected chi connectivity index (χ0v) is 13.1. The lowest BCUT2D eigenvalue weighted by Crippen LogP contribution is -2.39. The lowest BCUT2D eigenvalue weighted by atomic mass is 10.2. The molecule has 0 aromatic carbocycles. The summed E-state index contributed by atoms with van der Waals surface area (Å²) in [7, 11) is 0. The Kier molecular flexibility index (Phi) is 5.60. The van der Waals surface area contributed by atoms with Gasteiger partial charge in [-0.2, -0.15) is 0 Å². The van der Waals surface area contributed by atoms with E-state index in [0.29, 0.717) is 12.6 Å². The third kappa shape index (κ3) is 4.16. The zero-order valence-electron chi connectivity index (χ0n) is 10.7. The molecule has 0 unspecified atom stereocenters. The van der Waals surface area contributed by atoms with Crippen LogP contribution in [0.3, 0.4) is 0 Å². The van der Waals surface area contributed by atoms with Crippen molar-refractivity contribution in [2.45, 2.75) is 31.7 Å². The van der Waals surface area contributed by atoms with E-state index in [1.165, 1.54) is 12.8 Å². The highest BCUT2D eigenvalue weighted by molar-refractivity contribution is 9.11. The molecule has 1 aromatic rings. The highest BCUT2D eigenvalue weighted by Crippen LogP contribution is 2.25. The van der Waals surface area contributed by atoms with Gasteiger partial charge in [-0.1, -0.05) is 12.8 Å². The molecule has 0 aliphatic heterocycles. The first-order chi connectivity index (χ1) is 9.20. The Morgan fingerprint density at radius 2 is 2.21 bits per heavy atom. The number of halogens is 1. The van der Waals surface area contributed by atoms with Crippen LogP contribution in [0.1, 0.15) is 30.6 Å². The molecule has 0 bridgehead atoms. The molecule has 1 amide bonds. The summed E-state index contributed by atoms with van der Waals surface area (Å²) in [5.41, 5.74) is 0. The second kappa shape index (κ2) is 7.22. The second-order valence-corrected chi connectivity index (χ2v) is 7.16. The number of rotatable bonds is 5. The second-order valence-electron chi connectivity index (χ2n) is 4.67. The number of carbonyl (C=O) groups excluding carboxylic acids is 1. The van der Waals surface area contributed by atoms with E-state index in [1.54, 1.807) is 17.4 Å². The lowest BCUT2D eigenvalue weighted by Gasteiger charge is -2.27. The lowest BCUT2D eigenvalue weighted by molar-refractivity contribution is -0.128. The molecule has 1 N–H and O–H groups in total. The molecule has 1 aliphatic rings. The van der Waals surface area contributed by atoms with Gasteiger partial charge in [0.25, 0.3) is 0 Å². The number of thiophene rings is 1. The number of hydrogen-bond donors (Lipinski definition) is 1. The first-order valence-electron chi connectivity index (χ1n) is 6.55. The molecular weight excluding hydrogens is 326 g/mol. The van der Waals surface area contributed by atoms with E-state index in [-0.39, 0.29) is 12.5 Å². The summed E-state index contributed by atoms with van der Waals surface area (Å²) in [4.78, 5) is 15.1. The Morgan fingerprint density at radius 3 is 2.79 bits per heavy atom. The fourth-order valence-corrected chi connectivity index (χ4v) is 3.79. The van der Waals surface area contributed by atoms with Crippen molar-refractivity contribution in [2.75, 3.05) is 13.2 Å². The number of aliphatic hydroxyl groups is 1. The van der Waals surface area contributed by atoms with Crippen molar-refractivity contribution in [3.8, 4) is 0 Å². The average Bonchev–Trinajstić information content (AvgIpc) is 3.04. The number of amides is 1. The summed E-state index contributed by atoms with van der Waals surface area (Å²) >= 11 is 5.00. The van der Waals surface area contributed by atoms with Gasteiger partial charge in [-0.3, -0.25) is 4.79 Å². The van der Waals surface area contributed by atoms with Crippen LogP contribution in [0.5, 0.6) is 0 Å². The third-order valence-corrected chi connectivity index (χ3v) is 4.96. The minimum atomic E-state index is 0.00507. The molecule has 1 aromatic heterocycles. The highest BCUT2D eigenvalue weighted by Gasteiger charge is 2.24. The van der Waals surface area contributed by atoms with E-state index < -0.39 is 0 Å². The van der Waals surface area contributed by atoms with Crippen LogP contribution in [0, 0.1) is 0 Å². The van der Waals surface area contributed by atoms with E-state index in [4.69, 9.17) is 5.11 Å². The van der Waals surface area contributed by atoms with Crippen LogP contribution in [0.15, 0.2) is 22.0 Å². The van der Waals surface area contributed by atoms with E-state index in [1.807, 2.05) is 23.1 Å². The molecule has 104 valence electrons. The van der Waals surface area contributed by atoms with Gasteiger partial charge < -0.3 is 10.0 Å². The van der Waals surface area contributed by atoms with Gasteiger partial charge in [0.15, 0.2) is 0 Å². The topological polar surface area (TPSA) is 40.5 Å². The predicted molar refractivity (Wildman–Crippen MR) is 82.1 cm³/mol. The molecule has 1 heterocycles. The van der Waals surface area contributed by atoms with Crippen LogP contribution in [0.2, 0.25) is 0 Å². The fraction of sp³-hybridized carbons (Fsp3) is 0.500. The van der Waals surface area contributed by atoms with Crippen molar-refractivity contribution in [1.82, 2.24) is 4.90 Å². The molecule has 1 aliphatic carbocycles. The third-order valence-electron chi connectivity index (χ3n) is 3.37. The highest BCUT2D eigenvalue weighted by atomic mass is 79.9. The molecule has 0 atom stereocenters. The molecule has 2 rings (SSSR count). The van der Waals surface area contributed by atoms with Crippen molar-refractivity contribution in [2.24, 2.45) is 0 Å². The van der Waals surface area contributed by atoms with Crippen molar-refractivity contribution in [3.05, 3.63) is 26.9 Å². The van der Waals surface area contributed by atoms with Crippen LogP contribution < -0.4 is 0 Å². The quantitative estimate of drug-likeness (QED) is 0.833. The normalized spacial score (nSPS) is 16.3. The van der Waals surface area contributed by atoms with Crippen molar-refractivity contribution in [3.63, 3.8) is 0 Å². The Bertz CT molecular complexity index is 452. The van der Waals surface area contributed by atoms with Gasteiger partial charge in [0, 0.05) is 23.5 Å². The molecule has 0 spiro atoms. The molecular formula is C14H18BrNO2S. The maximum atomic E-state index is 12.2. The summed E-state index contributed by atoms with van der Waals surface area (Å²) < 4.78 is 1.06. The Labute approximate surface area is 126 Å². The van der Waals surface area contributed by atoms with E-state index in [0.717, 1.165) is 21.5 Å². The standard InChI is InChI=1S/C14H18BrNO2S/c15-13-7-5-12(19-13)6-8-14(18)16(9-10-17)11-3-1-2-4-11/h5-8,11,17H,1-4,9-10H2/b8-6+. The number of hydrogen-bond acceptors (Lipinski definition) is 3. The van der Waals surface area contributed by atoms with E-state index in [2.05, 4.69) is 15.9 Å². The maximum absolute atomic E-state index is 12.2. The van der Waals surface area contributed by atoms with Gasteiger partial charge in [-0.05, 0) is 47.0 Å². The van der Waals surface area contributed by atoms with Crippen molar-refractivity contribution < 1.29 is 9.90 Å². The smallest absolute Gasteiger partial charge is 0.246 e. The molecule has 19 heavy (non-hydrogen) atoms. The minimum Gasteiger partial charge on any atom is -0.395 e. The van der Waals surface area contributed by atoms with Crippen molar-refractivity contribution >= 4 is 39.2 Å². The van der Waals surface area contributed by atoms with Crippen LogP contribution in [-0.4, -0.2) is 35.1 Å². The fourth-order valence-electron chi connectivity index (χ4n) is 2.46. The molecule has 0 radical (unpaired) electrons. The Hall–Kier alpha value is -0.650. The van der Waals surface area contributed by atoms with Crippen LogP contribution in [0.25, 0.3) is 6.08 Å². The van der Waals surface area contributed by atoms with Crippen LogP contribution in [-0.2, 0) is 4.79 Å². The summed E-state index contributed by atoms with van der Waals surface area (Å²) in [6, 6.07) is 4.25. The maximum Gasteiger partial charge on any atom is 0.246 e. The predicted octanol–water partition coefficient (Wildman–Crippen LogP) is 3.29. The van der Waals surface area contributed by atoms with E-state index in [9.17, 15) is 4.79 Å². The monoisotopic (exact) mass is 343 g/mol. The number of aliphatic hydroxyl groups excluding tert-OH is 1. The van der Waals surface area contributed by atoms with Gasteiger partial charge in [-0.15, -0.1) is 11.3 Å². The minimum absolute atomic E-state index is 0.00507. The number of nitrogens with zero attached hydrogens (tertiary/aromatic N) is 1. The SMILES string of the molecule is O=C(/C=C/c1ccc(Br)s1)N(CCO)C1CCCC1. The van der Waals surface area contributed by atoms with Gasteiger partial charge in [0.1, 0.15) is 0 Å². The Balaban J connectivity index is 2.00. The number of carbonyl (C=O) groups is 1. The Morgan fingerprint density at radius 1 is 1.47 bits per heavy atom. The molecule has 0 saturated heterocycles.